The van der Waals surface area contributed by atoms with Gasteiger partial charge in [0.1, 0.15) is 29.8 Å². The Bertz CT molecular complexity index is 1180. The number of ether oxygens (including phenoxy) is 1. The fourth-order valence-corrected chi connectivity index (χ4v) is 4.02. The Morgan fingerprint density at radius 3 is 2.18 bits per heavy atom. The van der Waals surface area contributed by atoms with Gasteiger partial charge < -0.3 is 20.1 Å². The molecule has 9 heteroatoms. The first-order valence-electron chi connectivity index (χ1n) is 10.5. The van der Waals surface area contributed by atoms with Gasteiger partial charge in [0.05, 0.1) is 0 Å². The average Bonchev–Trinajstić information content (AvgIpc) is 2.80. The SMILES string of the molecule is CCN(CC)c1c(N[C@@H](Cc2ccc(OCc3c(Cl)cccc3Cl)cc2)C(=O)O)c(=O)c1=O. The maximum absolute atomic E-state index is 12.1. The highest BCUT2D eigenvalue weighted by Gasteiger charge is 2.29. The highest BCUT2D eigenvalue weighted by molar-refractivity contribution is 6.35. The third kappa shape index (κ3) is 5.49. The van der Waals surface area contributed by atoms with Gasteiger partial charge in [-0.25, -0.2) is 4.79 Å². The lowest BCUT2D eigenvalue weighted by molar-refractivity contribution is -0.137. The Labute approximate surface area is 201 Å². The van der Waals surface area contributed by atoms with E-state index in [-0.39, 0.29) is 24.4 Å². The van der Waals surface area contributed by atoms with Crippen LogP contribution in [0.25, 0.3) is 0 Å². The molecule has 0 aromatic heterocycles. The number of aliphatic carboxylic acids is 1. The van der Waals surface area contributed by atoms with E-state index in [2.05, 4.69) is 5.32 Å². The molecule has 0 aliphatic carbocycles. The lowest BCUT2D eigenvalue weighted by Gasteiger charge is -2.26. The van der Waals surface area contributed by atoms with Crippen molar-refractivity contribution in [1.29, 1.82) is 0 Å². The predicted molar refractivity (Wildman–Crippen MR) is 131 cm³/mol. The van der Waals surface area contributed by atoms with Gasteiger partial charge in [-0.3, -0.25) is 9.59 Å². The first-order chi connectivity index (χ1) is 15.8. The Morgan fingerprint density at radius 1 is 1.03 bits per heavy atom. The summed E-state index contributed by atoms with van der Waals surface area (Å²) in [5.41, 5.74) is 0.430. The normalized spacial score (nSPS) is 11.9. The van der Waals surface area contributed by atoms with Crippen LogP contribution in [0.3, 0.4) is 0 Å². The molecule has 0 saturated heterocycles. The molecule has 33 heavy (non-hydrogen) atoms. The summed E-state index contributed by atoms with van der Waals surface area (Å²) in [4.78, 5) is 37.7. The number of benzene rings is 2. The Balaban J connectivity index is 1.69. The molecule has 0 radical (unpaired) electrons. The Kier molecular flexibility index (Phi) is 8.00. The summed E-state index contributed by atoms with van der Waals surface area (Å²) in [5.74, 6) is -0.553. The topological polar surface area (TPSA) is 95.9 Å². The molecule has 0 unspecified atom stereocenters. The fraction of sp³-hybridized carbons (Fsp3) is 0.292. The molecule has 0 aliphatic rings. The number of carboxylic acid groups (broad SMARTS) is 1. The largest absolute Gasteiger partial charge is 0.489 e. The zero-order chi connectivity index (χ0) is 24.1. The van der Waals surface area contributed by atoms with Crippen LogP contribution in [0.4, 0.5) is 11.4 Å². The van der Waals surface area contributed by atoms with Crippen LogP contribution >= 0.6 is 23.2 Å². The molecular weight excluding hydrogens is 467 g/mol. The molecular formula is C24H24Cl2N2O5. The van der Waals surface area contributed by atoms with E-state index in [1.54, 1.807) is 47.4 Å². The quantitative estimate of drug-likeness (QED) is 0.390. The second kappa shape index (κ2) is 10.7. The summed E-state index contributed by atoms with van der Waals surface area (Å²) in [6.07, 6.45) is 0.114. The van der Waals surface area contributed by atoms with Gasteiger partial charge >= 0.3 is 5.97 Å². The molecule has 3 aromatic rings. The highest BCUT2D eigenvalue weighted by atomic mass is 35.5. The van der Waals surface area contributed by atoms with Crippen LogP contribution in [0.5, 0.6) is 5.75 Å². The van der Waals surface area contributed by atoms with Crippen LogP contribution in [0.1, 0.15) is 25.0 Å². The standard InChI is InChI=1S/C24H24Cl2N2O5/c1-3-28(4-2)21-20(22(29)23(21)30)27-19(24(31)32)12-14-8-10-15(11-9-14)33-13-16-17(25)6-5-7-18(16)26/h5-11,19,27H,3-4,12-13H2,1-2H3,(H,31,32)/t19-/m0/s1. The van der Waals surface area contributed by atoms with Crippen molar-refractivity contribution in [3.8, 4) is 5.75 Å². The number of rotatable bonds is 11. The number of nitrogens with one attached hydrogen (secondary N) is 1. The number of hydrogen-bond acceptors (Lipinski definition) is 6. The molecule has 0 amide bonds. The smallest absolute Gasteiger partial charge is 0.326 e. The summed E-state index contributed by atoms with van der Waals surface area (Å²) in [5, 5.41) is 13.5. The second-order valence-corrected chi connectivity index (χ2v) is 8.24. The molecule has 0 saturated carbocycles. The van der Waals surface area contributed by atoms with Gasteiger partial charge in [-0.2, -0.15) is 0 Å². The molecule has 3 aromatic carbocycles. The zero-order valence-electron chi connectivity index (χ0n) is 18.2. The number of anilines is 2. The van der Waals surface area contributed by atoms with E-state index in [9.17, 15) is 19.5 Å². The van der Waals surface area contributed by atoms with Crippen molar-refractivity contribution in [3.63, 3.8) is 0 Å². The molecule has 174 valence electrons. The van der Waals surface area contributed by atoms with Crippen LogP contribution in [0, 0.1) is 0 Å². The van der Waals surface area contributed by atoms with E-state index >= 15 is 0 Å². The summed E-state index contributed by atoms with van der Waals surface area (Å²) < 4.78 is 5.75. The molecule has 0 bridgehead atoms. The van der Waals surface area contributed by atoms with Crippen molar-refractivity contribution in [2.75, 3.05) is 23.3 Å². The van der Waals surface area contributed by atoms with Crippen molar-refractivity contribution >= 4 is 40.5 Å². The van der Waals surface area contributed by atoms with Crippen LogP contribution < -0.4 is 25.8 Å². The summed E-state index contributed by atoms with van der Waals surface area (Å²) in [6, 6.07) is 11.1. The first kappa shape index (κ1) is 24.6. The van der Waals surface area contributed by atoms with E-state index < -0.39 is 22.9 Å². The van der Waals surface area contributed by atoms with Crippen LogP contribution in [-0.2, 0) is 17.8 Å². The first-order valence-corrected chi connectivity index (χ1v) is 11.2. The number of carbonyl (C=O) groups is 1. The molecule has 3 rings (SSSR count). The minimum atomic E-state index is -1.12. The maximum atomic E-state index is 12.1. The molecule has 1 atom stereocenters. The van der Waals surface area contributed by atoms with E-state index in [1.807, 2.05) is 13.8 Å². The van der Waals surface area contributed by atoms with Crippen molar-refractivity contribution in [2.24, 2.45) is 0 Å². The number of nitrogens with zero attached hydrogens (tertiary/aromatic N) is 1. The van der Waals surface area contributed by atoms with Gasteiger partial charge in [0.15, 0.2) is 0 Å². The van der Waals surface area contributed by atoms with Crippen molar-refractivity contribution < 1.29 is 14.6 Å². The van der Waals surface area contributed by atoms with E-state index in [0.717, 1.165) is 5.56 Å². The molecule has 0 fully saturated rings. The van der Waals surface area contributed by atoms with Gasteiger partial charge in [-0.1, -0.05) is 41.4 Å². The third-order valence-electron chi connectivity index (χ3n) is 5.39. The van der Waals surface area contributed by atoms with Crippen LogP contribution in [0.2, 0.25) is 10.0 Å². The summed E-state index contributed by atoms with van der Waals surface area (Å²) >= 11 is 12.3. The number of hydrogen-bond donors (Lipinski definition) is 2. The molecule has 0 heterocycles. The van der Waals surface area contributed by atoms with Crippen molar-refractivity contribution in [2.45, 2.75) is 32.9 Å². The highest BCUT2D eigenvalue weighted by Crippen LogP contribution is 2.26. The second-order valence-electron chi connectivity index (χ2n) is 7.43. The van der Waals surface area contributed by atoms with E-state index in [4.69, 9.17) is 27.9 Å². The van der Waals surface area contributed by atoms with Crippen LogP contribution in [-0.4, -0.2) is 30.2 Å². The average molecular weight is 491 g/mol. The number of halogens is 2. The van der Waals surface area contributed by atoms with Crippen LogP contribution in [0.15, 0.2) is 52.1 Å². The summed E-state index contributed by atoms with van der Waals surface area (Å²) in [7, 11) is 0. The minimum absolute atomic E-state index is 0.0627. The lowest BCUT2D eigenvalue weighted by atomic mass is 10.0. The maximum Gasteiger partial charge on any atom is 0.326 e. The third-order valence-corrected chi connectivity index (χ3v) is 6.10. The molecule has 7 nitrogen and oxygen atoms in total. The molecule has 0 aliphatic heterocycles. The Hall–Kier alpha value is -3.03. The van der Waals surface area contributed by atoms with Crippen molar-refractivity contribution in [3.05, 3.63) is 84.1 Å². The monoisotopic (exact) mass is 490 g/mol. The zero-order valence-corrected chi connectivity index (χ0v) is 19.7. The lowest BCUT2D eigenvalue weighted by Crippen LogP contribution is -2.45. The van der Waals surface area contributed by atoms with Crippen molar-refractivity contribution in [1.82, 2.24) is 0 Å². The fourth-order valence-electron chi connectivity index (χ4n) is 3.51. The van der Waals surface area contributed by atoms with E-state index in [1.165, 1.54) is 0 Å². The van der Waals surface area contributed by atoms with Gasteiger partial charge in [0.25, 0.3) is 10.9 Å². The predicted octanol–water partition coefficient (Wildman–Crippen LogP) is 4.12. The van der Waals surface area contributed by atoms with Gasteiger partial charge in [0, 0.05) is 35.1 Å². The van der Waals surface area contributed by atoms with Gasteiger partial charge in [0.2, 0.25) is 0 Å². The summed E-state index contributed by atoms with van der Waals surface area (Å²) in [6.45, 7) is 4.99. The molecule has 0 spiro atoms. The minimum Gasteiger partial charge on any atom is -0.489 e. The number of carboxylic acids is 1. The van der Waals surface area contributed by atoms with E-state index in [0.29, 0.717) is 34.4 Å². The van der Waals surface area contributed by atoms with Gasteiger partial charge in [-0.15, -0.1) is 0 Å². The van der Waals surface area contributed by atoms with Gasteiger partial charge in [-0.05, 0) is 43.7 Å². The molecule has 2 N–H and O–H groups in total. The Morgan fingerprint density at radius 2 is 1.64 bits per heavy atom.